The Labute approximate surface area is 243 Å². The highest BCUT2D eigenvalue weighted by atomic mass is 19.4. The molecule has 0 spiro atoms. The fraction of sp³-hybridized carbons (Fsp3) is 0.276. The summed E-state index contributed by atoms with van der Waals surface area (Å²) >= 11 is 0. The zero-order chi connectivity index (χ0) is 31.6. The second-order valence-corrected chi connectivity index (χ2v) is 9.39. The largest absolute Gasteiger partial charge is 0.491 e. The fourth-order valence-electron chi connectivity index (χ4n) is 3.91. The van der Waals surface area contributed by atoms with Crippen LogP contribution in [0.4, 0.5) is 23.4 Å². The summed E-state index contributed by atoms with van der Waals surface area (Å²) in [5, 5.41) is 17.4. The van der Waals surface area contributed by atoms with Gasteiger partial charge in [0.25, 0.3) is 0 Å². The van der Waals surface area contributed by atoms with Gasteiger partial charge in [-0.05, 0) is 54.3 Å². The van der Waals surface area contributed by atoms with E-state index < -0.39 is 54.6 Å². The van der Waals surface area contributed by atoms with Crippen LogP contribution in [-0.2, 0) is 19.2 Å². The summed E-state index contributed by atoms with van der Waals surface area (Å²) in [6.07, 6.45) is -3.54. The molecule has 14 heteroatoms. The first-order valence-corrected chi connectivity index (χ1v) is 12.9. The van der Waals surface area contributed by atoms with Crippen molar-refractivity contribution in [3.63, 3.8) is 0 Å². The second-order valence-electron chi connectivity index (χ2n) is 9.39. The summed E-state index contributed by atoms with van der Waals surface area (Å²) in [4.78, 5) is 51.5. The highest BCUT2D eigenvalue weighted by Gasteiger charge is 2.41. The summed E-state index contributed by atoms with van der Waals surface area (Å²) in [5.41, 5.74) is 1.57. The van der Waals surface area contributed by atoms with E-state index in [4.69, 9.17) is 0 Å². The summed E-state index contributed by atoms with van der Waals surface area (Å²) in [6.45, 7) is 2.01. The number of aryl methyl sites for hydroxylation is 1. The Hall–Kier alpha value is -5.01. The maximum atomic E-state index is 13.7. The van der Waals surface area contributed by atoms with Gasteiger partial charge in [0.1, 0.15) is 17.4 Å². The van der Waals surface area contributed by atoms with E-state index in [1.807, 2.05) is 19.1 Å². The van der Waals surface area contributed by atoms with E-state index in [2.05, 4.69) is 25.7 Å². The molecule has 43 heavy (non-hydrogen) atoms. The minimum absolute atomic E-state index is 0.0302. The van der Waals surface area contributed by atoms with Crippen LogP contribution in [0.5, 0.6) is 5.75 Å². The molecule has 0 saturated heterocycles. The third kappa shape index (κ3) is 10.4. The van der Waals surface area contributed by atoms with Crippen LogP contribution in [0.15, 0.2) is 60.8 Å². The molecule has 1 unspecified atom stereocenters. The lowest BCUT2D eigenvalue weighted by molar-refractivity contribution is -0.189. The lowest BCUT2D eigenvalue weighted by Crippen LogP contribution is -2.39. The molecule has 1 heterocycles. The van der Waals surface area contributed by atoms with E-state index in [9.17, 15) is 41.8 Å². The van der Waals surface area contributed by atoms with Crippen LogP contribution in [0.1, 0.15) is 36.4 Å². The molecule has 0 radical (unpaired) electrons. The Morgan fingerprint density at radius 3 is 2.37 bits per heavy atom. The number of halogens is 4. The number of carboxylic acids is 1. The number of amides is 2. The average Bonchev–Trinajstić information content (AvgIpc) is 2.93. The number of carbonyl (C=O) groups excluding carboxylic acids is 3. The lowest BCUT2D eigenvalue weighted by Gasteiger charge is -2.18. The van der Waals surface area contributed by atoms with Crippen LogP contribution in [-0.4, -0.2) is 53.1 Å². The van der Waals surface area contributed by atoms with Gasteiger partial charge in [0.15, 0.2) is 0 Å². The van der Waals surface area contributed by atoms with Crippen LogP contribution < -0.4 is 20.7 Å². The number of benzene rings is 2. The van der Waals surface area contributed by atoms with Gasteiger partial charge in [0.2, 0.25) is 11.8 Å². The average molecular weight is 605 g/mol. The Morgan fingerprint density at radius 1 is 1.00 bits per heavy atom. The van der Waals surface area contributed by atoms with Gasteiger partial charge < -0.3 is 25.8 Å². The van der Waals surface area contributed by atoms with Crippen molar-refractivity contribution in [3.05, 3.63) is 77.7 Å². The van der Waals surface area contributed by atoms with Crippen LogP contribution >= 0.6 is 0 Å². The molecule has 10 nitrogen and oxygen atoms in total. The van der Waals surface area contributed by atoms with Gasteiger partial charge in [0.05, 0.1) is 19.0 Å². The number of ether oxygens (including phenoxy) is 1. The molecule has 3 rings (SSSR count). The van der Waals surface area contributed by atoms with Crippen LogP contribution in [0.2, 0.25) is 0 Å². The molecule has 0 aliphatic carbocycles. The second kappa shape index (κ2) is 14.8. The Balaban J connectivity index is 1.58. The van der Waals surface area contributed by atoms with Gasteiger partial charge in [-0.3, -0.25) is 14.4 Å². The third-order valence-corrected chi connectivity index (χ3v) is 5.96. The Morgan fingerprint density at radius 2 is 1.72 bits per heavy atom. The molecule has 228 valence electrons. The monoisotopic (exact) mass is 604 g/mol. The highest BCUT2D eigenvalue weighted by Crippen LogP contribution is 2.33. The molecule has 1 atom stereocenters. The molecule has 0 aliphatic heterocycles. The number of carboxylic acid groups (broad SMARTS) is 1. The standard InChI is InChI=1S/C29H28F4N4O6/c1-17-10-12-35-24(13-17)34-11-2-3-25(38)36-16-26(39)37-22(15-27(40)41)19-6-4-18(5-7-19)21-9-8-20(30)14-23(21)43-28(42)29(31,32)33/h4-10,12-14,22H,2-3,11,15-16H2,1H3,(H,34,35)(H,36,38)(H,37,39)(H,40,41). The molecule has 2 aromatic carbocycles. The first-order valence-electron chi connectivity index (χ1n) is 12.9. The van der Waals surface area contributed by atoms with Crippen molar-refractivity contribution in [2.24, 2.45) is 0 Å². The molecule has 1 aromatic heterocycles. The number of hydrogen-bond acceptors (Lipinski definition) is 7. The SMILES string of the molecule is Cc1ccnc(NCCCC(=O)NCC(=O)NC(CC(=O)O)c2ccc(-c3ccc(F)cc3OC(=O)C(F)(F)F)cc2)c1. The highest BCUT2D eigenvalue weighted by molar-refractivity contribution is 5.85. The van der Waals surface area contributed by atoms with Crippen LogP contribution in [0, 0.1) is 12.7 Å². The zero-order valence-corrected chi connectivity index (χ0v) is 22.8. The number of rotatable bonds is 13. The van der Waals surface area contributed by atoms with Crippen LogP contribution in [0.25, 0.3) is 11.1 Å². The van der Waals surface area contributed by atoms with Gasteiger partial charge in [-0.15, -0.1) is 0 Å². The molecule has 2 amide bonds. The molecular formula is C29H28F4N4O6. The van der Waals surface area contributed by atoms with E-state index in [1.165, 1.54) is 24.3 Å². The van der Waals surface area contributed by atoms with Gasteiger partial charge in [-0.2, -0.15) is 13.2 Å². The Bertz CT molecular complexity index is 1460. The number of aromatic nitrogens is 1. The number of esters is 1. The zero-order valence-electron chi connectivity index (χ0n) is 22.8. The first kappa shape index (κ1) is 32.5. The number of anilines is 1. The summed E-state index contributed by atoms with van der Waals surface area (Å²) < 4.78 is 56.1. The fourth-order valence-corrected chi connectivity index (χ4v) is 3.91. The number of nitrogens with one attached hydrogen (secondary N) is 3. The van der Waals surface area contributed by atoms with Crippen molar-refractivity contribution in [2.75, 3.05) is 18.4 Å². The topological polar surface area (TPSA) is 147 Å². The number of nitrogens with zero attached hydrogens (tertiary/aromatic N) is 1. The maximum Gasteiger partial charge on any atom is 0.491 e. The quantitative estimate of drug-likeness (QED) is 0.0978. The molecule has 0 fully saturated rings. The minimum atomic E-state index is -5.30. The van der Waals surface area contributed by atoms with E-state index in [0.29, 0.717) is 30.4 Å². The lowest BCUT2D eigenvalue weighted by atomic mass is 9.98. The van der Waals surface area contributed by atoms with Crippen molar-refractivity contribution in [2.45, 2.75) is 38.4 Å². The van der Waals surface area contributed by atoms with Gasteiger partial charge in [-0.25, -0.2) is 14.2 Å². The van der Waals surface area contributed by atoms with Gasteiger partial charge in [-0.1, -0.05) is 24.3 Å². The predicted molar refractivity (Wildman–Crippen MR) is 146 cm³/mol. The maximum absolute atomic E-state index is 13.7. The summed E-state index contributed by atoms with van der Waals surface area (Å²) in [5.74, 6) is -5.69. The number of hydrogen-bond donors (Lipinski definition) is 4. The van der Waals surface area contributed by atoms with Crippen molar-refractivity contribution in [3.8, 4) is 16.9 Å². The van der Waals surface area contributed by atoms with Crippen molar-refractivity contribution < 1.29 is 46.6 Å². The van der Waals surface area contributed by atoms with Crippen molar-refractivity contribution in [1.29, 1.82) is 0 Å². The van der Waals surface area contributed by atoms with Gasteiger partial charge >= 0.3 is 18.1 Å². The molecule has 4 N–H and O–H groups in total. The molecular weight excluding hydrogens is 576 g/mol. The third-order valence-electron chi connectivity index (χ3n) is 5.96. The number of pyridine rings is 1. The number of alkyl halides is 3. The van der Waals surface area contributed by atoms with E-state index in [0.717, 1.165) is 17.7 Å². The van der Waals surface area contributed by atoms with Gasteiger partial charge in [0, 0.05) is 30.8 Å². The number of carbonyl (C=O) groups is 4. The molecule has 3 aromatic rings. The predicted octanol–water partition coefficient (Wildman–Crippen LogP) is 4.30. The smallest absolute Gasteiger partial charge is 0.481 e. The van der Waals surface area contributed by atoms with E-state index in [-0.39, 0.29) is 23.5 Å². The Kier molecular flexibility index (Phi) is 11.2. The first-order chi connectivity index (χ1) is 20.3. The molecule has 0 aliphatic rings. The number of aliphatic carboxylic acids is 1. The van der Waals surface area contributed by atoms with Crippen LogP contribution in [0.3, 0.4) is 0 Å². The normalized spacial score (nSPS) is 11.7. The minimum Gasteiger partial charge on any atom is -0.481 e. The molecule has 0 saturated carbocycles. The summed E-state index contributed by atoms with van der Waals surface area (Å²) in [6, 6.07) is 11.0. The van der Waals surface area contributed by atoms with Crippen molar-refractivity contribution >= 4 is 29.6 Å². The molecule has 0 bridgehead atoms. The van der Waals surface area contributed by atoms with E-state index >= 15 is 0 Å². The van der Waals surface area contributed by atoms with Crippen molar-refractivity contribution in [1.82, 2.24) is 15.6 Å². The summed E-state index contributed by atoms with van der Waals surface area (Å²) in [7, 11) is 0. The van der Waals surface area contributed by atoms with E-state index in [1.54, 1.807) is 6.20 Å².